The van der Waals surface area contributed by atoms with Gasteiger partial charge in [0.1, 0.15) is 22.5 Å². The van der Waals surface area contributed by atoms with Crippen molar-refractivity contribution in [3.63, 3.8) is 0 Å². The van der Waals surface area contributed by atoms with Gasteiger partial charge in [-0.2, -0.15) is 5.26 Å². The Hall–Kier alpha value is -2.54. The topological polar surface area (TPSA) is 106 Å². The molecule has 0 saturated heterocycles. The van der Waals surface area contributed by atoms with E-state index < -0.39 is 17.3 Å². The van der Waals surface area contributed by atoms with Crippen molar-refractivity contribution in [2.45, 2.75) is 6.54 Å². The first kappa shape index (κ1) is 23.5. The van der Waals surface area contributed by atoms with Crippen molar-refractivity contribution in [2.24, 2.45) is 10.7 Å². The normalized spacial score (nSPS) is 10.7. The lowest BCUT2D eigenvalue weighted by atomic mass is 10.2. The first-order chi connectivity index (χ1) is 12.8. The maximum Gasteiger partial charge on any atom is 0.193 e. The summed E-state index contributed by atoms with van der Waals surface area (Å²) in [7, 11) is 2.44. The smallest absolute Gasteiger partial charge is 0.193 e. The molecule has 0 unspecified atom stereocenters. The summed E-state index contributed by atoms with van der Waals surface area (Å²) in [5, 5.41) is 11.4. The van der Waals surface area contributed by atoms with Gasteiger partial charge in [-0.25, -0.2) is 18.8 Å². The molecule has 0 amide bonds. The quantitative estimate of drug-likeness (QED) is 0.405. The summed E-state index contributed by atoms with van der Waals surface area (Å²) < 4.78 is 38.3. The predicted octanol–water partition coefficient (Wildman–Crippen LogP) is 3.90. The molecule has 0 atom stereocenters. The fourth-order valence-corrected chi connectivity index (χ4v) is 2.52. The number of nitrogens with one attached hydrogen (secondary N) is 1. The molecule has 1 aromatic carbocycles. The van der Waals surface area contributed by atoms with E-state index in [4.69, 9.17) is 43.7 Å². The third-order valence-electron chi connectivity index (χ3n) is 3.40. The van der Waals surface area contributed by atoms with Gasteiger partial charge in [0.2, 0.25) is 0 Å². The van der Waals surface area contributed by atoms with E-state index in [2.05, 4.69) is 15.3 Å². The van der Waals surface area contributed by atoms with Crippen LogP contribution in [0.1, 0.15) is 11.1 Å². The molecule has 150 valence electrons. The second kappa shape index (κ2) is 10.1. The molecular weight excluding hydrogens is 439 g/mol. The predicted molar refractivity (Wildman–Crippen MR) is 105 cm³/mol. The largest absolute Gasteiger partial charge is 0.493 e. The molecule has 0 bridgehead atoms. The highest BCUT2D eigenvalue weighted by Crippen LogP contribution is 2.34. The number of rotatable bonds is 5. The van der Waals surface area contributed by atoms with Gasteiger partial charge in [-0.3, -0.25) is 0 Å². The van der Waals surface area contributed by atoms with Gasteiger partial charge in [0.15, 0.2) is 29.1 Å². The number of ether oxygens (including phenoxy) is 2. The Labute approximate surface area is 175 Å². The Morgan fingerprint density at radius 2 is 1.86 bits per heavy atom. The standard InChI is InChI=1S/C16H13Cl2F2N5O2.ClH/c1-26-9-3-10(27-2)13(20)14(12(9)19)25-16(22)24-6-7-5-23-15(18)8(4-21)11(7)17;/h3,5H,6H2,1-2H3,(H3,22,24,25);1H. The number of guanidine groups is 1. The fourth-order valence-electron chi connectivity index (χ4n) is 2.05. The lowest BCUT2D eigenvalue weighted by molar-refractivity contribution is 0.360. The molecule has 28 heavy (non-hydrogen) atoms. The van der Waals surface area contributed by atoms with Crippen molar-refractivity contribution >= 4 is 47.3 Å². The number of aliphatic imine (C=N–C) groups is 1. The zero-order chi connectivity index (χ0) is 20.1. The van der Waals surface area contributed by atoms with Crippen LogP contribution in [0.15, 0.2) is 17.3 Å². The van der Waals surface area contributed by atoms with Crippen LogP contribution in [0.2, 0.25) is 10.2 Å². The van der Waals surface area contributed by atoms with Gasteiger partial charge in [0.05, 0.1) is 25.8 Å². The Balaban J connectivity index is 0.00000392. The van der Waals surface area contributed by atoms with Gasteiger partial charge >= 0.3 is 0 Å². The van der Waals surface area contributed by atoms with E-state index in [0.29, 0.717) is 5.56 Å². The number of nitriles is 1. The van der Waals surface area contributed by atoms with Gasteiger partial charge in [-0.05, 0) is 0 Å². The molecule has 3 N–H and O–H groups in total. The number of nitrogens with two attached hydrogens (primary N) is 1. The maximum atomic E-state index is 14.3. The number of aromatic nitrogens is 1. The number of methoxy groups -OCH3 is 2. The molecule has 0 radical (unpaired) electrons. The summed E-state index contributed by atoms with van der Waals surface area (Å²) in [4.78, 5) is 7.76. The van der Waals surface area contributed by atoms with Crippen molar-refractivity contribution in [1.29, 1.82) is 5.26 Å². The van der Waals surface area contributed by atoms with E-state index in [1.807, 2.05) is 6.07 Å². The van der Waals surface area contributed by atoms with Gasteiger partial charge in [-0.1, -0.05) is 23.2 Å². The number of anilines is 1. The monoisotopic (exact) mass is 451 g/mol. The molecule has 12 heteroatoms. The number of benzene rings is 1. The Morgan fingerprint density at radius 1 is 1.29 bits per heavy atom. The number of hydrogen-bond acceptors (Lipinski definition) is 5. The molecule has 0 saturated carbocycles. The minimum atomic E-state index is -1.01. The van der Waals surface area contributed by atoms with E-state index in [0.717, 1.165) is 6.07 Å². The average Bonchev–Trinajstić information content (AvgIpc) is 2.65. The van der Waals surface area contributed by atoms with E-state index in [-0.39, 0.29) is 52.1 Å². The molecule has 0 aliphatic rings. The minimum absolute atomic E-state index is 0. The van der Waals surface area contributed by atoms with Crippen molar-refractivity contribution in [3.8, 4) is 17.6 Å². The van der Waals surface area contributed by atoms with Gasteiger partial charge in [0, 0.05) is 17.8 Å². The molecule has 1 aromatic heterocycles. The fraction of sp³-hybridized carbons (Fsp3) is 0.188. The zero-order valence-electron chi connectivity index (χ0n) is 14.5. The number of nitrogens with zero attached hydrogens (tertiary/aromatic N) is 3. The summed E-state index contributed by atoms with van der Waals surface area (Å²) >= 11 is 11.8. The highest BCUT2D eigenvalue weighted by Gasteiger charge is 2.20. The van der Waals surface area contributed by atoms with Crippen LogP contribution in [0.25, 0.3) is 0 Å². The van der Waals surface area contributed by atoms with E-state index in [1.54, 1.807) is 0 Å². The molecule has 7 nitrogen and oxygen atoms in total. The lowest BCUT2D eigenvalue weighted by Gasteiger charge is -2.13. The van der Waals surface area contributed by atoms with E-state index in [1.165, 1.54) is 20.4 Å². The SMILES string of the molecule is COc1cc(OC)c(F)c(NC(N)=NCc2cnc(Cl)c(C#N)c2Cl)c1F.Cl. The Morgan fingerprint density at radius 3 is 2.36 bits per heavy atom. The van der Waals surface area contributed by atoms with Gasteiger partial charge in [0.25, 0.3) is 0 Å². The molecule has 0 spiro atoms. The molecule has 0 aliphatic carbocycles. The molecular formula is C16H14Cl3F2N5O2. The van der Waals surface area contributed by atoms with Crippen molar-refractivity contribution in [3.05, 3.63) is 45.2 Å². The number of halogens is 5. The average molecular weight is 453 g/mol. The summed E-state index contributed by atoms with van der Waals surface area (Å²) in [6, 6.07) is 2.88. The van der Waals surface area contributed by atoms with Crippen molar-refractivity contribution in [2.75, 3.05) is 19.5 Å². The molecule has 2 rings (SSSR count). The number of hydrogen-bond donors (Lipinski definition) is 2. The summed E-state index contributed by atoms with van der Waals surface area (Å²) in [6.07, 6.45) is 1.32. The van der Waals surface area contributed by atoms with E-state index in [9.17, 15) is 8.78 Å². The highest BCUT2D eigenvalue weighted by molar-refractivity contribution is 6.36. The highest BCUT2D eigenvalue weighted by atomic mass is 35.5. The van der Waals surface area contributed by atoms with E-state index >= 15 is 0 Å². The summed E-state index contributed by atoms with van der Waals surface area (Å²) in [6.45, 7) is -0.110. The zero-order valence-corrected chi connectivity index (χ0v) is 16.8. The van der Waals surface area contributed by atoms with Crippen LogP contribution >= 0.6 is 35.6 Å². The Bertz CT molecular complexity index is 923. The first-order valence-electron chi connectivity index (χ1n) is 7.23. The van der Waals surface area contributed by atoms with Gasteiger partial charge < -0.3 is 20.5 Å². The van der Waals surface area contributed by atoms with Crippen LogP contribution in [-0.4, -0.2) is 25.2 Å². The van der Waals surface area contributed by atoms with Gasteiger partial charge in [-0.15, -0.1) is 12.4 Å². The second-order valence-electron chi connectivity index (χ2n) is 4.99. The van der Waals surface area contributed by atoms with Crippen LogP contribution in [-0.2, 0) is 6.54 Å². The second-order valence-corrected chi connectivity index (χ2v) is 5.72. The molecule has 1 heterocycles. The number of pyridine rings is 1. The first-order valence-corrected chi connectivity index (χ1v) is 7.99. The van der Waals surface area contributed by atoms with Crippen LogP contribution in [0, 0.1) is 23.0 Å². The molecule has 0 fully saturated rings. The minimum Gasteiger partial charge on any atom is -0.493 e. The van der Waals surface area contributed by atoms with Crippen LogP contribution in [0.3, 0.4) is 0 Å². The third-order valence-corrected chi connectivity index (χ3v) is 4.12. The van der Waals surface area contributed by atoms with Crippen molar-refractivity contribution < 1.29 is 18.3 Å². The molecule has 0 aliphatic heterocycles. The van der Waals surface area contributed by atoms with Crippen LogP contribution < -0.4 is 20.5 Å². The van der Waals surface area contributed by atoms with Crippen LogP contribution in [0.4, 0.5) is 14.5 Å². The molecule has 2 aromatic rings. The summed E-state index contributed by atoms with van der Waals surface area (Å²) in [5.74, 6) is -2.81. The summed E-state index contributed by atoms with van der Waals surface area (Å²) in [5.41, 5.74) is 5.45. The lowest BCUT2D eigenvalue weighted by Crippen LogP contribution is -2.24. The third kappa shape index (κ3) is 4.84. The maximum absolute atomic E-state index is 14.3. The van der Waals surface area contributed by atoms with Crippen LogP contribution in [0.5, 0.6) is 11.5 Å². The Kier molecular flexibility index (Phi) is 8.50. The van der Waals surface area contributed by atoms with Crippen molar-refractivity contribution in [1.82, 2.24) is 4.98 Å².